The van der Waals surface area contributed by atoms with Crippen molar-refractivity contribution in [1.29, 1.82) is 0 Å². The number of nitrogens with zero attached hydrogens (tertiary/aromatic N) is 1. The highest BCUT2D eigenvalue weighted by Crippen LogP contribution is 2.30. The van der Waals surface area contributed by atoms with Crippen LogP contribution in [0.3, 0.4) is 0 Å². The van der Waals surface area contributed by atoms with Crippen LogP contribution in [0.25, 0.3) is 0 Å². The van der Waals surface area contributed by atoms with Crippen LogP contribution in [-0.4, -0.2) is 64.5 Å². The van der Waals surface area contributed by atoms with Gasteiger partial charge in [0.1, 0.15) is 12.2 Å². The van der Waals surface area contributed by atoms with Crippen LogP contribution in [0.4, 0.5) is 0 Å². The molecule has 1 rings (SSSR count). The van der Waals surface area contributed by atoms with Gasteiger partial charge in [-0.05, 0) is 27.9 Å². The van der Waals surface area contributed by atoms with E-state index in [1.54, 1.807) is 32.8 Å². The van der Waals surface area contributed by atoms with Gasteiger partial charge in [-0.25, -0.2) is 0 Å². The molecule has 1 fully saturated rings. The fraction of sp³-hybridized carbons (Fsp3) is 1.00. The minimum Gasteiger partial charge on any atom is -0.388 e. The standard InChI is InChI=1S/C9H19NO4/c1-9(2)7(10(3)4)5(11)6(12)8(13)14-9/h5-8,11-13H,1-4H3/t5-,6+,7-,8?/m0/s1. The van der Waals surface area contributed by atoms with Crippen LogP contribution in [0.15, 0.2) is 0 Å². The molecule has 14 heavy (non-hydrogen) atoms. The summed E-state index contributed by atoms with van der Waals surface area (Å²) in [5.41, 5.74) is -0.693. The second-order valence-corrected chi connectivity index (χ2v) is 4.50. The van der Waals surface area contributed by atoms with E-state index in [-0.39, 0.29) is 6.04 Å². The fourth-order valence-corrected chi connectivity index (χ4v) is 2.14. The van der Waals surface area contributed by atoms with E-state index in [2.05, 4.69) is 0 Å². The third-order valence-corrected chi connectivity index (χ3v) is 2.66. The van der Waals surface area contributed by atoms with Crippen molar-refractivity contribution in [1.82, 2.24) is 4.90 Å². The van der Waals surface area contributed by atoms with Crippen molar-refractivity contribution in [3.63, 3.8) is 0 Å². The first-order valence-electron chi connectivity index (χ1n) is 4.66. The minimum absolute atomic E-state index is 0.346. The van der Waals surface area contributed by atoms with Crippen LogP contribution in [0, 0.1) is 0 Å². The normalized spacial score (nSPS) is 42.9. The highest BCUT2D eigenvalue weighted by molar-refractivity contribution is 4.98. The average molecular weight is 205 g/mol. The van der Waals surface area contributed by atoms with Crippen molar-refractivity contribution >= 4 is 0 Å². The van der Waals surface area contributed by atoms with Crippen molar-refractivity contribution in [2.24, 2.45) is 0 Å². The molecule has 1 unspecified atom stereocenters. The maximum Gasteiger partial charge on any atom is 0.184 e. The number of rotatable bonds is 1. The monoisotopic (exact) mass is 205 g/mol. The molecule has 4 atom stereocenters. The third-order valence-electron chi connectivity index (χ3n) is 2.66. The van der Waals surface area contributed by atoms with Gasteiger partial charge in [0.2, 0.25) is 0 Å². The molecular formula is C9H19NO4. The number of hydrogen-bond acceptors (Lipinski definition) is 5. The Kier molecular flexibility index (Phi) is 3.18. The van der Waals surface area contributed by atoms with Crippen LogP contribution < -0.4 is 0 Å². The zero-order chi connectivity index (χ0) is 11.1. The number of aliphatic hydroxyl groups excluding tert-OH is 3. The molecule has 0 saturated carbocycles. The number of aliphatic hydroxyl groups is 3. The lowest BCUT2D eigenvalue weighted by Crippen LogP contribution is -2.66. The van der Waals surface area contributed by atoms with Gasteiger partial charge in [-0.1, -0.05) is 0 Å². The summed E-state index contributed by atoms with van der Waals surface area (Å²) in [6, 6.07) is -0.346. The SMILES string of the molecule is CN(C)[C@H]1[C@@H](O)[C@@H](O)C(O)OC1(C)C. The predicted octanol–water partition coefficient (Wildman–Crippen LogP) is -1.23. The third kappa shape index (κ3) is 1.92. The molecule has 5 nitrogen and oxygen atoms in total. The highest BCUT2D eigenvalue weighted by Gasteiger charge is 2.49. The summed E-state index contributed by atoms with van der Waals surface area (Å²) in [7, 11) is 3.59. The molecule has 0 aromatic carbocycles. The first kappa shape index (κ1) is 11.9. The number of likely N-dealkylation sites (N-methyl/N-ethyl adjacent to an activating group) is 1. The van der Waals surface area contributed by atoms with Crippen molar-refractivity contribution < 1.29 is 20.1 Å². The van der Waals surface area contributed by atoms with E-state index >= 15 is 0 Å². The molecule has 0 aromatic rings. The molecule has 3 N–H and O–H groups in total. The Morgan fingerprint density at radius 3 is 2.00 bits per heavy atom. The van der Waals surface area contributed by atoms with Crippen LogP contribution in [0.5, 0.6) is 0 Å². The molecule has 1 aliphatic heterocycles. The Morgan fingerprint density at radius 1 is 1.07 bits per heavy atom. The second-order valence-electron chi connectivity index (χ2n) is 4.50. The molecule has 0 spiro atoms. The molecular weight excluding hydrogens is 186 g/mol. The minimum atomic E-state index is -1.32. The van der Waals surface area contributed by atoms with Gasteiger partial charge >= 0.3 is 0 Å². The smallest absolute Gasteiger partial charge is 0.184 e. The van der Waals surface area contributed by atoms with Crippen LogP contribution >= 0.6 is 0 Å². The van der Waals surface area contributed by atoms with Gasteiger partial charge in [0.15, 0.2) is 6.29 Å². The maximum atomic E-state index is 9.78. The zero-order valence-electron chi connectivity index (χ0n) is 9.01. The molecule has 1 heterocycles. The second kappa shape index (κ2) is 3.75. The van der Waals surface area contributed by atoms with E-state index in [9.17, 15) is 15.3 Å². The van der Waals surface area contributed by atoms with Crippen molar-refractivity contribution in [2.75, 3.05) is 14.1 Å². The Labute approximate surface area is 83.9 Å². The van der Waals surface area contributed by atoms with Gasteiger partial charge in [-0.3, -0.25) is 0 Å². The van der Waals surface area contributed by atoms with E-state index in [4.69, 9.17) is 4.74 Å². The Bertz CT molecular complexity index is 207. The van der Waals surface area contributed by atoms with Crippen LogP contribution in [-0.2, 0) is 4.74 Å². The Balaban J connectivity index is 2.90. The Morgan fingerprint density at radius 2 is 1.57 bits per heavy atom. The van der Waals surface area contributed by atoms with Crippen molar-refractivity contribution in [3.05, 3.63) is 0 Å². The summed E-state index contributed by atoms with van der Waals surface area (Å²) < 4.78 is 5.23. The molecule has 0 amide bonds. The van der Waals surface area contributed by atoms with E-state index in [0.717, 1.165) is 0 Å². The molecule has 0 aromatic heterocycles. The van der Waals surface area contributed by atoms with Gasteiger partial charge < -0.3 is 25.0 Å². The van der Waals surface area contributed by atoms with E-state index in [1.807, 2.05) is 0 Å². The summed E-state index contributed by atoms with van der Waals surface area (Å²) in [4.78, 5) is 1.78. The average Bonchev–Trinajstić information content (AvgIpc) is 1.98. The van der Waals surface area contributed by atoms with Gasteiger partial charge in [0.25, 0.3) is 0 Å². The summed E-state index contributed by atoms with van der Waals surface area (Å²) >= 11 is 0. The number of hydrogen-bond donors (Lipinski definition) is 3. The predicted molar refractivity (Wildman–Crippen MR) is 50.7 cm³/mol. The topological polar surface area (TPSA) is 73.2 Å². The molecule has 1 saturated heterocycles. The lowest BCUT2D eigenvalue weighted by atomic mass is 9.86. The summed E-state index contributed by atoms with van der Waals surface area (Å²) in [6.07, 6.45) is -3.59. The van der Waals surface area contributed by atoms with Crippen LogP contribution in [0.1, 0.15) is 13.8 Å². The van der Waals surface area contributed by atoms with Crippen molar-refractivity contribution in [3.8, 4) is 0 Å². The first-order valence-corrected chi connectivity index (χ1v) is 4.66. The van der Waals surface area contributed by atoms with E-state index < -0.39 is 24.1 Å². The van der Waals surface area contributed by atoms with Gasteiger partial charge in [-0.15, -0.1) is 0 Å². The van der Waals surface area contributed by atoms with Crippen LogP contribution in [0.2, 0.25) is 0 Å². The van der Waals surface area contributed by atoms with Crippen molar-refractivity contribution in [2.45, 2.75) is 44.0 Å². The van der Waals surface area contributed by atoms with E-state index in [0.29, 0.717) is 0 Å². The van der Waals surface area contributed by atoms with Gasteiger partial charge in [0.05, 0.1) is 11.6 Å². The quantitative estimate of drug-likeness (QED) is 0.499. The highest BCUT2D eigenvalue weighted by atomic mass is 16.6. The molecule has 0 radical (unpaired) electrons. The molecule has 0 bridgehead atoms. The summed E-state index contributed by atoms with van der Waals surface area (Å²) in [5.74, 6) is 0. The number of ether oxygens (including phenoxy) is 1. The summed E-state index contributed by atoms with van der Waals surface area (Å²) in [5, 5.41) is 28.6. The van der Waals surface area contributed by atoms with E-state index in [1.165, 1.54) is 0 Å². The molecule has 5 heteroatoms. The Hall–Kier alpha value is -0.200. The maximum absolute atomic E-state index is 9.78. The lowest BCUT2D eigenvalue weighted by Gasteiger charge is -2.48. The zero-order valence-corrected chi connectivity index (χ0v) is 9.01. The molecule has 0 aliphatic carbocycles. The first-order chi connectivity index (χ1) is 6.27. The fourth-order valence-electron chi connectivity index (χ4n) is 2.14. The largest absolute Gasteiger partial charge is 0.388 e. The van der Waals surface area contributed by atoms with Gasteiger partial charge in [0, 0.05) is 0 Å². The molecule has 1 aliphatic rings. The lowest BCUT2D eigenvalue weighted by molar-refractivity contribution is -0.295. The summed E-state index contributed by atoms with van der Waals surface area (Å²) in [6.45, 7) is 3.55. The molecule has 84 valence electrons. The van der Waals surface area contributed by atoms with Gasteiger partial charge in [-0.2, -0.15) is 0 Å².